The van der Waals surface area contributed by atoms with Gasteiger partial charge in [-0.15, -0.1) is 0 Å². The van der Waals surface area contributed by atoms with Crippen LogP contribution >= 0.6 is 11.6 Å². The van der Waals surface area contributed by atoms with Crippen molar-refractivity contribution >= 4 is 17.5 Å². The minimum absolute atomic E-state index is 0.0394. The van der Waals surface area contributed by atoms with Crippen LogP contribution in [0.25, 0.3) is 0 Å². The summed E-state index contributed by atoms with van der Waals surface area (Å²) >= 11 is 6.11. The van der Waals surface area contributed by atoms with E-state index in [9.17, 15) is 4.79 Å². The molecule has 0 aromatic heterocycles. The highest BCUT2D eigenvalue weighted by Crippen LogP contribution is 2.33. The molecule has 21 heavy (non-hydrogen) atoms. The molecule has 0 aliphatic carbocycles. The zero-order chi connectivity index (χ0) is 15.0. The Labute approximate surface area is 130 Å². The molecule has 0 radical (unpaired) electrons. The summed E-state index contributed by atoms with van der Waals surface area (Å²) in [4.78, 5) is 14.5. The summed E-state index contributed by atoms with van der Waals surface area (Å²) in [6.07, 6.45) is 2.59. The van der Waals surface area contributed by atoms with Crippen molar-refractivity contribution in [3.05, 3.63) is 28.8 Å². The second kappa shape index (κ2) is 5.85. The number of amides is 1. The molecular weight excluding hydrogens is 290 g/mol. The third kappa shape index (κ3) is 2.87. The zero-order valence-corrected chi connectivity index (χ0v) is 13.1. The molecule has 0 unspecified atom stereocenters. The number of benzene rings is 1. The monoisotopic (exact) mass is 309 g/mol. The molecule has 0 N–H and O–H groups in total. The lowest BCUT2D eigenvalue weighted by molar-refractivity contribution is 0.00865. The molecule has 5 heteroatoms. The molecule has 1 aromatic carbocycles. The molecule has 3 rings (SSSR count). The van der Waals surface area contributed by atoms with E-state index >= 15 is 0 Å². The van der Waals surface area contributed by atoms with Crippen LogP contribution in [-0.4, -0.2) is 43.2 Å². The minimum Gasteiger partial charge on any atom is -0.495 e. The average molecular weight is 310 g/mol. The van der Waals surface area contributed by atoms with Gasteiger partial charge in [0.1, 0.15) is 5.75 Å². The number of piperidine rings is 1. The van der Waals surface area contributed by atoms with Gasteiger partial charge in [-0.1, -0.05) is 11.6 Å². The number of carbonyl (C=O) groups is 1. The highest BCUT2D eigenvalue weighted by molar-refractivity contribution is 6.32. The average Bonchev–Trinajstić information content (AvgIpc) is 2.85. The van der Waals surface area contributed by atoms with E-state index in [1.54, 1.807) is 25.3 Å². The number of methoxy groups -OCH3 is 1. The Morgan fingerprint density at radius 1 is 1.48 bits per heavy atom. The minimum atomic E-state index is 0.0394. The predicted molar refractivity (Wildman–Crippen MR) is 81.0 cm³/mol. The van der Waals surface area contributed by atoms with Crippen molar-refractivity contribution in [3.8, 4) is 5.75 Å². The number of ether oxygens (including phenoxy) is 2. The molecule has 3 atom stereocenters. The standard InChI is InChI=1S/C16H20ClNO3/c1-10-7-12-9-18(6-5-14(12)21-10)16(19)11-3-4-15(20-2)13(17)8-11/h3-4,8,10,12,14H,5-7,9H2,1-2H3/t10-,12-,14+/m1/s1. The second-order valence-electron chi connectivity index (χ2n) is 5.87. The van der Waals surface area contributed by atoms with E-state index in [2.05, 4.69) is 6.92 Å². The van der Waals surface area contributed by atoms with E-state index in [1.807, 2.05) is 4.90 Å². The Bertz CT molecular complexity index is 548. The number of rotatable bonds is 2. The lowest BCUT2D eigenvalue weighted by Gasteiger charge is -2.34. The first kappa shape index (κ1) is 14.7. The van der Waals surface area contributed by atoms with Gasteiger partial charge in [0.25, 0.3) is 5.91 Å². The van der Waals surface area contributed by atoms with E-state index in [1.165, 1.54) is 0 Å². The summed E-state index contributed by atoms with van der Waals surface area (Å²) in [7, 11) is 1.56. The molecule has 2 aliphatic rings. The van der Waals surface area contributed by atoms with Gasteiger partial charge in [-0.2, -0.15) is 0 Å². The van der Waals surface area contributed by atoms with E-state index in [4.69, 9.17) is 21.1 Å². The van der Waals surface area contributed by atoms with Crippen LogP contribution in [0.4, 0.5) is 0 Å². The van der Waals surface area contributed by atoms with Crippen molar-refractivity contribution in [2.45, 2.75) is 32.0 Å². The first-order chi connectivity index (χ1) is 10.1. The third-order valence-electron chi connectivity index (χ3n) is 4.39. The molecule has 0 saturated carbocycles. The fourth-order valence-electron chi connectivity index (χ4n) is 3.36. The Morgan fingerprint density at radius 3 is 3.00 bits per heavy atom. The van der Waals surface area contributed by atoms with Gasteiger partial charge in [0.15, 0.2) is 0 Å². The number of hydrogen-bond donors (Lipinski definition) is 0. The number of hydrogen-bond acceptors (Lipinski definition) is 3. The number of likely N-dealkylation sites (tertiary alicyclic amines) is 1. The normalized spacial score (nSPS) is 28.3. The fraction of sp³-hybridized carbons (Fsp3) is 0.562. The third-order valence-corrected chi connectivity index (χ3v) is 4.69. The van der Waals surface area contributed by atoms with Crippen LogP contribution in [0.15, 0.2) is 18.2 Å². The summed E-state index contributed by atoms with van der Waals surface area (Å²) in [5, 5.41) is 0.469. The molecule has 4 nitrogen and oxygen atoms in total. The zero-order valence-electron chi connectivity index (χ0n) is 12.3. The number of carbonyl (C=O) groups excluding carboxylic acids is 1. The smallest absolute Gasteiger partial charge is 0.253 e. The molecule has 114 valence electrons. The van der Waals surface area contributed by atoms with Crippen molar-refractivity contribution in [1.29, 1.82) is 0 Å². The van der Waals surface area contributed by atoms with E-state index in [0.29, 0.717) is 34.5 Å². The Hall–Kier alpha value is -1.26. The number of halogens is 1. The van der Waals surface area contributed by atoms with Gasteiger partial charge in [-0.3, -0.25) is 4.79 Å². The molecule has 2 aliphatic heterocycles. The fourth-order valence-corrected chi connectivity index (χ4v) is 3.62. The summed E-state index contributed by atoms with van der Waals surface area (Å²) in [5.41, 5.74) is 0.617. The topological polar surface area (TPSA) is 38.8 Å². The van der Waals surface area contributed by atoms with Gasteiger partial charge in [-0.05, 0) is 38.0 Å². The number of nitrogens with zero attached hydrogens (tertiary/aromatic N) is 1. The summed E-state index contributed by atoms with van der Waals surface area (Å²) < 4.78 is 11.0. The van der Waals surface area contributed by atoms with Crippen LogP contribution in [0, 0.1) is 5.92 Å². The van der Waals surface area contributed by atoms with Crippen molar-refractivity contribution in [2.24, 2.45) is 5.92 Å². The van der Waals surface area contributed by atoms with Crippen LogP contribution in [0.5, 0.6) is 5.75 Å². The van der Waals surface area contributed by atoms with Crippen molar-refractivity contribution in [1.82, 2.24) is 4.90 Å². The summed E-state index contributed by atoms with van der Waals surface area (Å²) in [6.45, 7) is 3.63. The van der Waals surface area contributed by atoms with E-state index in [0.717, 1.165) is 25.9 Å². The Kier molecular flexibility index (Phi) is 4.09. The maximum Gasteiger partial charge on any atom is 0.253 e. The highest BCUT2D eigenvalue weighted by Gasteiger charge is 2.38. The van der Waals surface area contributed by atoms with Crippen LogP contribution in [0.2, 0.25) is 5.02 Å². The highest BCUT2D eigenvalue weighted by atomic mass is 35.5. The lowest BCUT2D eigenvalue weighted by atomic mass is 9.92. The lowest BCUT2D eigenvalue weighted by Crippen LogP contribution is -2.44. The maximum absolute atomic E-state index is 12.6. The van der Waals surface area contributed by atoms with Crippen LogP contribution in [0.1, 0.15) is 30.1 Å². The van der Waals surface area contributed by atoms with E-state index < -0.39 is 0 Å². The van der Waals surface area contributed by atoms with Crippen LogP contribution in [0.3, 0.4) is 0 Å². The molecule has 2 heterocycles. The largest absolute Gasteiger partial charge is 0.495 e. The molecule has 0 bridgehead atoms. The first-order valence-electron chi connectivity index (χ1n) is 7.36. The van der Waals surface area contributed by atoms with Gasteiger partial charge in [0, 0.05) is 24.6 Å². The van der Waals surface area contributed by atoms with Gasteiger partial charge in [-0.25, -0.2) is 0 Å². The number of fused-ring (bicyclic) bond motifs is 1. The van der Waals surface area contributed by atoms with Crippen LogP contribution in [-0.2, 0) is 4.74 Å². The molecule has 0 spiro atoms. The molecule has 1 amide bonds. The van der Waals surface area contributed by atoms with Gasteiger partial charge in [0.2, 0.25) is 0 Å². The van der Waals surface area contributed by atoms with E-state index in [-0.39, 0.29) is 5.91 Å². The Balaban J connectivity index is 1.72. The van der Waals surface area contributed by atoms with Gasteiger partial charge in [0.05, 0.1) is 24.3 Å². The SMILES string of the molecule is COc1ccc(C(=O)N2CC[C@@H]3O[C@H](C)C[C@@H]3C2)cc1Cl. The molecule has 1 aromatic rings. The van der Waals surface area contributed by atoms with Crippen molar-refractivity contribution in [2.75, 3.05) is 20.2 Å². The van der Waals surface area contributed by atoms with Crippen LogP contribution < -0.4 is 4.74 Å². The van der Waals surface area contributed by atoms with Gasteiger partial charge < -0.3 is 14.4 Å². The first-order valence-corrected chi connectivity index (χ1v) is 7.74. The van der Waals surface area contributed by atoms with Crippen molar-refractivity contribution < 1.29 is 14.3 Å². The predicted octanol–water partition coefficient (Wildman–Crippen LogP) is 2.99. The van der Waals surface area contributed by atoms with Crippen molar-refractivity contribution in [3.63, 3.8) is 0 Å². The summed E-state index contributed by atoms with van der Waals surface area (Å²) in [6, 6.07) is 5.19. The van der Waals surface area contributed by atoms with Gasteiger partial charge >= 0.3 is 0 Å². The summed E-state index contributed by atoms with van der Waals surface area (Å²) in [5.74, 6) is 1.09. The second-order valence-corrected chi connectivity index (χ2v) is 6.28. The molecule has 2 saturated heterocycles. The maximum atomic E-state index is 12.6. The molecule has 2 fully saturated rings. The molecular formula is C16H20ClNO3. The quantitative estimate of drug-likeness (QED) is 0.843. The Morgan fingerprint density at radius 2 is 2.29 bits per heavy atom.